The highest BCUT2D eigenvalue weighted by atomic mass is 32.1. The Morgan fingerprint density at radius 2 is 2.12 bits per heavy atom. The second-order valence-electron chi connectivity index (χ2n) is 5.80. The molecule has 2 heterocycles. The van der Waals surface area contributed by atoms with Crippen molar-refractivity contribution in [2.45, 2.75) is 19.8 Å². The molecule has 1 aromatic heterocycles. The molecule has 0 bridgehead atoms. The third-order valence-electron chi connectivity index (χ3n) is 3.96. The molecule has 0 aliphatic carbocycles. The van der Waals surface area contributed by atoms with Gasteiger partial charge in [0.15, 0.2) is 6.61 Å². The third-order valence-corrected chi connectivity index (χ3v) is 4.78. The van der Waals surface area contributed by atoms with Gasteiger partial charge in [-0.2, -0.15) is 5.10 Å². The number of rotatable bonds is 6. The van der Waals surface area contributed by atoms with Crippen molar-refractivity contribution in [1.82, 2.24) is 19.9 Å². The minimum atomic E-state index is -0.364. The standard InChI is InChI=1S/C17H19N5O3S/c1-12-16(26-21-19-12)17(24)20-18-10-13-6-2-3-7-14(13)25-11-15(23)22-8-4-5-9-22/h2-3,6-7,10H,4-5,8-9,11H2,1H3,(H,20,24)/b18-10+. The highest BCUT2D eigenvalue weighted by Gasteiger charge is 2.18. The average Bonchev–Trinajstić information content (AvgIpc) is 3.32. The topological polar surface area (TPSA) is 96.8 Å². The SMILES string of the molecule is Cc1nnsc1C(=O)N/N=C/c1ccccc1OCC(=O)N1CCCC1. The summed E-state index contributed by atoms with van der Waals surface area (Å²) in [4.78, 5) is 26.3. The van der Waals surface area contributed by atoms with Gasteiger partial charge in [0.1, 0.15) is 10.6 Å². The van der Waals surface area contributed by atoms with Gasteiger partial charge in [-0.05, 0) is 43.4 Å². The van der Waals surface area contributed by atoms with Crippen LogP contribution in [-0.4, -0.2) is 52.2 Å². The van der Waals surface area contributed by atoms with E-state index in [1.165, 1.54) is 6.21 Å². The molecule has 0 spiro atoms. The normalized spacial score (nSPS) is 14.0. The Balaban J connectivity index is 1.58. The van der Waals surface area contributed by atoms with Gasteiger partial charge in [0, 0.05) is 18.7 Å². The van der Waals surface area contributed by atoms with Crippen LogP contribution in [0, 0.1) is 6.92 Å². The van der Waals surface area contributed by atoms with Crippen LogP contribution in [0.15, 0.2) is 29.4 Å². The minimum absolute atomic E-state index is 0.0110. The molecule has 0 radical (unpaired) electrons. The molecule has 0 unspecified atom stereocenters. The number of nitrogens with zero attached hydrogens (tertiary/aromatic N) is 4. The summed E-state index contributed by atoms with van der Waals surface area (Å²) in [6.45, 7) is 3.29. The number of aromatic nitrogens is 2. The van der Waals surface area contributed by atoms with Crippen LogP contribution in [0.2, 0.25) is 0 Å². The number of ether oxygens (including phenoxy) is 1. The average molecular weight is 373 g/mol. The largest absolute Gasteiger partial charge is 0.483 e. The summed E-state index contributed by atoms with van der Waals surface area (Å²) in [5.41, 5.74) is 3.67. The molecule has 1 fully saturated rings. The zero-order chi connectivity index (χ0) is 18.4. The molecule has 1 N–H and O–H groups in total. The molecule has 3 rings (SSSR count). The van der Waals surface area contributed by atoms with Crippen molar-refractivity contribution < 1.29 is 14.3 Å². The zero-order valence-electron chi connectivity index (χ0n) is 14.3. The molecule has 26 heavy (non-hydrogen) atoms. The molecule has 2 amide bonds. The number of amides is 2. The van der Waals surface area contributed by atoms with Crippen molar-refractivity contribution in [2.75, 3.05) is 19.7 Å². The third kappa shape index (κ3) is 4.42. The maximum atomic E-state index is 12.1. The summed E-state index contributed by atoms with van der Waals surface area (Å²) < 4.78 is 9.37. The summed E-state index contributed by atoms with van der Waals surface area (Å²) in [6, 6.07) is 7.20. The van der Waals surface area contributed by atoms with Crippen molar-refractivity contribution in [3.05, 3.63) is 40.4 Å². The second-order valence-corrected chi connectivity index (χ2v) is 6.56. The lowest BCUT2D eigenvalue weighted by Gasteiger charge is -2.16. The second kappa shape index (κ2) is 8.52. The van der Waals surface area contributed by atoms with Gasteiger partial charge < -0.3 is 9.64 Å². The Hall–Kier alpha value is -2.81. The summed E-state index contributed by atoms with van der Waals surface area (Å²) in [6.07, 6.45) is 3.57. The van der Waals surface area contributed by atoms with E-state index in [4.69, 9.17) is 4.74 Å². The van der Waals surface area contributed by atoms with Crippen LogP contribution in [0.3, 0.4) is 0 Å². The molecular formula is C17H19N5O3S. The monoisotopic (exact) mass is 373 g/mol. The molecule has 9 heteroatoms. The summed E-state index contributed by atoms with van der Waals surface area (Å²) in [7, 11) is 0. The van der Waals surface area contributed by atoms with Gasteiger partial charge in [0.25, 0.3) is 11.8 Å². The van der Waals surface area contributed by atoms with Crippen LogP contribution in [0.25, 0.3) is 0 Å². The Labute approximate surface area is 155 Å². The van der Waals surface area contributed by atoms with Gasteiger partial charge in [0.2, 0.25) is 0 Å². The van der Waals surface area contributed by atoms with Crippen molar-refractivity contribution >= 4 is 29.6 Å². The number of para-hydroxylation sites is 1. The quantitative estimate of drug-likeness (QED) is 0.613. The molecule has 1 saturated heterocycles. The zero-order valence-corrected chi connectivity index (χ0v) is 15.2. The molecule has 1 aromatic carbocycles. The highest BCUT2D eigenvalue weighted by Crippen LogP contribution is 2.17. The first-order valence-corrected chi connectivity index (χ1v) is 9.04. The number of hydrogen-bond acceptors (Lipinski definition) is 7. The first-order chi connectivity index (χ1) is 12.6. The number of likely N-dealkylation sites (tertiary alicyclic amines) is 1. The Morgan fingerprint density at radius 1 is 1.35 bits per heavy atom. The van der Waals surface area contributed by atoms with Gasteiger partial charge in [-0.25, -0.2) is 5.43 Å². The number of carbonyl (C=O) groups is 2. The van der Waals surface area contributed by atoms with Gasteiger partial charge in [-0.3, -0.25) is 9.59 Å². The molecule has 0 saturated carbocycles. The summed E-state index contributed by atoms with van der Waals surface area (Å²) >= 11 is 1.02. The van der Waals surface area contributed by atoms with Crippen molar-refractivity contribution in [1.29, 1.82) is 0 Å². The number of benzene rings is 1. The molecule has 1 aliphatic rings. The first kappa shape index (κ1) is 18.0. The van der Waals surface area contributed by atoms with E-state index in [1.54, 1.807) is 19.1 Å². The lowest BCUT2D eigenvalue weighted by Crippen LogP contribution is -2.32. The summed E-state index contributed by atoms with van der Waals surface area (Å²) in [5, 5.41) is 7.75. The number of aryl methyl sites for hydroxylation is 1. The van der Waals surface area contributed by atoms with E-state index >= 15 is 0 Å². The lowest BCUT2D eigenvalue weighted by atomic mass is 10.2. The van der Waals surface area contributed by atoms with Crippen LogP contribution in [0.5, 0.6) is 5.75 Å². The fourth-order valence-electron chi connectivity index (χ4n) is 2.57. The molecular weight excluding hydrogens is 354 g/mol. The fourth-order valence-corrected chi connectivity index (χ4v) is 3.11. The van der Waals surface area contributed by atoms with Gasteiger partial charge in [-0.15, -0.1) is 5.10 Å². The maximum absolute atomic E-state index is 12.1. The van der Waals surface area contributed by atoms with Crippen LogP contribution >= 0.6 is 11.5 Å². The van der Waals surface area contributed by atoms with Crippen LogP contribution in [-0.2, 0) is 4.79 Å². The summed E-state index contributed by atoms with van der Waals surface area (Å²) in [5.74, 6) is 0.153. The van der Waals surface area contributed by atoms with E-state index in [1.807, 2.05) is 17.0 Å². The van der Waals surface area contributed by atoms with E-state index < -0.39 is 0 Å². The molecule has 0 atom stereocenters. The first-order valence-electron chi connectivity index (χ1n) is 8.27. The Kier molecular flexibility index (Phi) is 5.90. The lowest BCUT2D eigenvalue weighted by molar-refractivity contribution is -0.132. The van der Waals surface area contributed by atoms with E-state index in [-0.39, 0.29) is 18.4 Å². The molecule has 2 aromatic rings. The molecule has 8 nitrogen and oxygen atoms in total. The van der Waals surface area contributed by atoms with Gasteiger partial charge in [0.05, 0.1) is 11.9 Å². The molecule has 1 aliphatic heterocycles. The number of hydrazone groups is 1. The van der Waals surface area contributed by atoms with Gasteiger partial charge >= 0.3 is 0 Å². The van der Waals surface area contributed by atoms with E-state index in [2.05, 4.69) is 20.1 Å². The van der Waals surface area contributed by atoms with Crippen molar-refractivity contribution in [3.63, 3.8) is 0 Å². The van der Waals surface area contributed by atoms with Crippen LogP contribution in [0.4, 0.5) is 0 Å². The van der Waals surface area contributed by atoms with Gasteiger partial charge in [-0.1, -0.05) is 16.6 Å². The predicted octanol–water partition coefficient (Wildman–Crippen LogP) is 1.61. The van der Waals surface area contributed by atoms with Crippen molar-refractivity contribution in [2.24, 2.45) is 5.10 Å². The number of hydrogen-bond donors (Lipinski definition) is 1. The number of carbonyl (C=O) groups excluding carboxylic acids is 2. The van der Waals surface area contributed by atoms with E-state index in [0.29, 0.717) is 21.9 Å². The fraction of sp³-hybridized carbons (Fsp3) is 0.353. The van der Waals surface area contributed by atoms with Crippen molar-refractivity contribution in [3.8, 4) is 5.75 Å². The van der Waals surface area contributed by atoms with E-state index in [0.717, 1.165) is 37.5 Å². The predicted molar refractivity (Wildman–Crippen MR) is 97.5 cm³/mol. The molecule has 136 valence electrons. The Morgan fingerprint density at radius 3 is 2.85 bits per heavy atom. The highest BCUT2D eigenvalue weighted by molar-refractivity contribution is 7.07. The van der Waals surface area contributed by atoms with Crippen LogP contribution in [0.1, 0.15) is 33.8 Å². The van der Waals surface area contributed by atoms with E-state index in [9.17, 15) is 9.59 Å². The minimum Gasteiger partial charge on any atom is -0.483 e. The van der Waals surface area contributed by atoms with Crippen LogP contribution < -0.4 is 10.2 Å². The number of nitrogens with one attached hydrogen (secondary N) is 1. The Bertz CT molecular complexity index is 814. The maximum Gasteiger partial charge on any atom is 0.285 e. The smallest absolute Gasteiger partial charge is 0.285 e.